The Kier molecular flexibility index (Phi) is 4.99. The summed E-state index contributed by atoms with van der Waals surface area (Å²) < 4.78 is 5.21. The number of rotatable bonds is 5. The molecule has 2 aliphatic carbocycles. The van der Waals surface area contributed by atoms with Gasteiger partial charge in [-0.3, -0.25) is 14.4 Å². The first-order valence-electron chi connectivity index (χ1n) is 11.6. The van der Waals surface area contributed by atoms with Gasteiger partial charge < -0.3 is 10.1 Å². The van der Waals surface area contributed by atoms with Gasteiger partial charge in [-0.25, -0.2) is 9.69 Å². The van der Waals surface area contributed by atoms with Gasteiger partial charge in [0.2, 0.25) is 11.8 Å². The summed E-state index contributed by atoms with van der Waals surface area (Å²) in [5, 5.41) is 4.65. The van der Waals surface area contributed by atoms with Crippen LogP contribution in [0.5, 0.6) is 0 Å². The third-order valence-corrected chi connectivity index (χ3v) is 7.21. The first kappa shape index (κ1) is 21.3. The molecular formula is C28H22N2O5. The van der Waals surface area contributed by atoms with E-state index in [0.717, 1.165) is 17.2 Å². The van der Waals surface area contributed by atoms with Gasteiger partial charge in [0.05, 0.1) is 23.1 Å². The second-order valence-electron chi connectivity index (χ2n) is 9.21. The Balaban J connectivity index is 1.13. The van der Waals surface area contributed by atoms with Gasteiger partial charge in [-0.15, -0.1) is 0 Å². The first-order chi connectivity index (χ1) is 17.0. The van der Waals surface area contributed by atoms with Crippen molar-refractivity contribution in [3.8, 4) is 0 Å². The van der Waals surface area contributed by atoms with E-state index in [4.69, 9.17) is 4.74 Å². The van der Waals surface area contributed by atoms with Gasteiger partial charge in [-0.2, -0.15) is 0 Å². The zero-order valence-electron chi connectivity index (χ0n) is 18.7. The number of ether oxygens (including phenoxy) is 1. The Hall–Kier alpha value is -4.26. The number of allylic oxidation sites excluding steroid dienone is 2. The number of fused-ring (bicyclic) bond motifs is 6. The maximum atomic E-state index is 13.1. The number of hydrogen-bond acceptors (Lipinski definition) is 5. The summed E-state index contributed by atoms with van der Waals surface area (Å²) >= 11 is 0. The molecule has 7 nitrogen and oxygen atoms in total. The van der Waals surface area contributed by atoms with Crippen LogP contribution in [-0.4, -0.2) is 30.3 Å². The average molecular weight is 466 g/mol. The van der Waals surface area contributed by atoms with Gasteiger partial charge in [0.25, 0.3) is 5.91 Å². The smallest absolute Gasteiger partial charge is 0.338 e. The largest absolute Gasteiger partial charge is 0.452 e. The highest BCUT2D eigenvalue weighted by Crippen LogP contribution is 2.53. The molecule has 4 atom stereocenters. The van der Waals surface area contributed by atoms with Gasteiger partial charge in [-0.1, -0.05) is 54.6 Å². The van der Waals surface area contributed by atoms with E-state index in [1.807, 2.05) is 48.6 Å². The molecule has 2 fully saturated rings. The van der Waals surface area contributed by atoms with Crippen LogP contribution in [0, 0.1) is 23.7 Å². The standard InChI is InChI=1S/C28H22N2O5/c31-23(29-22-10-4-6-16-5-1-2-9-21(16)22)15-35-28(34)19-7-3-8-20(14-19)30-26(32)24-17-11-12-18(13-17)25(24)27(30)33/h1-12,14,17-18,24-25H,13,15H2,(H,29,31)/t17-,18-,24-,25+/m0/s1. The van der Waals surface area contributed by atoms with Crippen LogP contribution in [0.15, 0.2) is 78.9 Å². The highest BCUT2D eigenvalue weighted by Gasteiger charge is 2.59. The number of nitrogens with one attached hydrogen (secondary N) is 1. The van der Waals surface area contributed by atoms with Crippen LogP contribution in [0.1, 0.15) is 16.8 Å². The number of carbonyl (C=O) groups is 4. The number of imide groups is 1. The van der Waals surface area contributed by atoms with Gasteiger partial charge in [0.15, 0.2) is 6.61 Å². The molecule has 3 aromatic carbocycles. The Bertz CT molecular complexity index is 1390. The lowest BCUT2D eigenvalue weighted by atomic mass is 9.85. The van der Waals surface area contributed by atoms with Crippen molar-refractivity contribution >= 4 is 45.8 Å². The van der Waals surface area contributed by atoms with Crippen molar-refractivity contribution in [2.24, 2.45) is 23.7 Å². The van der Waals surface area contributed by atoms with E-state index >= 15 is 0 Å². The molecule has 35 heavy (non-hydrogen) atoms. The Morgan fingerprint density at radius 1 is 0.886 bits per heavy atom. The Morgan fingerprint density at radius 2 is 1.57 bits per heavy atom. The van der Waals surface area contributed by atoms with Crippen LogP contribution >= 0.6 is 0 Å². The van der Waals surface area contributed by atoms with Crippen molar-refractivity contribution in [3.63, 3.8) is 0 Å². The molecule has 1 saturated carbocycles. The zero-order chi connectivity index (χ0) is 24.1. The fourth-order valence-electron chi connectivity index (χ4n) is 5.66. The third-order valence-electron chi connectivity index (χ3n) is 7.21. The minimum Gasteiger partial charge on any atom is -0.452 e. The molecule has 1 heterocycles. The Labute approximate surface area is 201 Å². The number of anilines is 2. The summed E-state index contributed by atoms with van der Waals surface area (Å²) in [5.74, 6) is -2.00. The number of nitrogens with zero attached hydrogens (tertiary/aromatic N) is 1. The monoisotopic (exact) mass is 466 g/mol. The van der Waals surface area contributed by atoms with Crippen LogP contribution in [-0.2, 0) is 19.1 Å². The predicted molar refractivity (Wildman–Crippen MR) is 130 cm³/mol. The average Bonchev–Trinajstić information content (AvgIpc) is 3.56. The molecule has 174 valence electrons. The summed E-state index contributed by atoms with van der Waals surface area (Å²) in [6.45, 7) is -0.465. The van der Waals surface area contributed by atoms with Gasteiger partial charge in [-0.05, 0) is 47.9 Å². The highest BCUT2D eigenvalue weighted by molar-refractivity contribution is 6.23. The minimum atomic E-state index is -0.707. The van der Waals surface area contributed by atoms with Gasteiger partial charge in [0, 0.05) is 11.1 Å². The van der Waals surface area contributed by atoms with Crippen molar-refractivity contribution in [1.29, 1.82) is 0 Å². The summed E-state index contributed by atoms with van der Waals surface area (Å²) in [6.07, 6.45) is 4.93. The topological polar surface area (TPSA) is 92.8 Å². The van der Waals surface area contributed by atoms with E-state index in [-0.39, 0.29) is 41.0 Å². The van der Waals surface area contributed by atoms with Crippen LogP contribution in [0.25, 0.3) is 10.8 Å². The van der Waals surface area contributed by atoms with Crippen molar-refractivity contribution in [3.05, 3.63) is 84.4 Å². The molecule has 3 aliphatic rings. The van der Waals surface area contributed by atoms with E-state index in [1.54, 1.807) is 18.2 Å². The van der Waals surface area contributed by atoms with Crippen LogP contribution < -0.4 is 10.2 Å². The molecule has 3 aromatic rings. The summed E-state index contributed by atoms with van der Waals surface area (Å²) in [5.41, 5.74) is 1.15. The lowest BCUT2D eigenvalue weighted by Crippen LogP contribution is -2.33. The number of amides is 3. The lowest BCUT2D eigenvalue weighted by Gasteiger charge is -2.18. The maximum absolute atomic E-state index is 13.1. The van der Waals surface area contributed by atoms with Gasteiger partial charge >= 0.3 is 5.97 Å². The molecule has 0 unspecified atom stereocenters. The van der Waals surface area contributed by atoms with Crippen LogP contribution in [0.2, 0.25) is 0 Å². The molecule has 0 spiro atoms. The normalized spacial score (nSPS) is 24.2. The zero-order valence-corrected chi connectivity index (χ0v) is 18.7. The molecule has 0 aromatic heterocycles. The minimum absolute atomic E-state index is 0.111. The summed E-state index contributed by atoms with van der Waals surface area (Å²) in [7, 11) is 0. The fraction of sp³-hybridized carbons (Fsp3) is 0.214. The molecular weight excluding hydrogens is 444 g/mol. The van der Waals surface area contributed by atoms with E-state index < -0.39 is 18.5 Å². The summed E-state index contributed by atoms with van der Waals surface area (Å²) in [6, 6.07) is 19.5. The van der Waals surface area contributed by atoms with Crippen LogP contribution in [0.3, 0.4) is 0 Å². The predicted octanol–water partition coefficient (Wildman–Crippen LogP) is 3.95. The summed E-state index contributed by atoms with van der Waals surface area (Å²) in [4.78, 5) is 52.4. The fourth-order valence-corrected chi connectivity index (χ4v) is 5.66. The SMILES string of the molecule is O=C(COC(=O)c1cccc(N2C(=O)[C@@H]3[C@H](C2=O)[C@H]2C=C[C@H]3C2)c1)Nc1cccc2ccccc12. The molecule has 6 rings (SSSR count). The van der Waals surface area contributed by atoms with Crippen LogP contribution in [0.4, 0.5) is 11.4 Å². The second-order valence-corrected chi connectivity index (χ2v) is 9.21. The van der Waals surface area contributed by atoms with E-state index in [2.05, 4.69) is 5.32 Å². The number of hydrogen-bond donors (Lipinski definition) is 1. The number of esters is 1. The molecule has 2 bridgehead atoms. The highest BCUT2D eigenvalue weighted by atomic mass is 16.5. The van der Waals surface area contributed by atoms with Crippen molar-refractivity contribution in [2.45, 2.75) is 6.42 Å². The quantitative estimate of drug-likeness (QED) is 0.349. The molecule has 1 aliphatic heterocycles. The number of benzene rings is 3. The van der Waals surface area contributed by atoms with E-state index in [1.165, 1.54) is 17.0 Å². The second kappa shape index (κ2) is 8.20. The molecule has 0 radical (unpaired) electrons. The van der Waals surface area contributed by atoms with Crippen molar-refractivity contribution in [1.82, 2.24) is 0 Å². The lowest BCUT2D eigenvalue weighted by molar-refractivity contribution is -0.123. The molecule has 3 amide bonds. The van der Waals surface area contributed by atoms with Crippen molar-refractivity contribution in [2.75, 3.05) is 16.8 Å². The number of carbonyl (C=O) groups excluding carboxylic acids is 4. The maximum Gasteiger partial charge on any atom is 0.338 e. The third kappa shape index (κ3) is 3.51. The molecule has 1 saturated heterocycles. The van der Waals surface area contributed by atoms with E-state index in [9.17, 15) is 19.2 Å². The molecule has 7 heteroatoms. The van der Waals surface area contributed by atoms with Gasteiger partial charge in [0.1, 0.15) is 0 Å². The van der Waals surface area contributed by atoms with E-state index in [0.29, 0.717) is 11.4 Å². The molecule has 1 N–H and O–H groups in total. The first-order valence-corrected chi connectivity index (χ1v) is 11.6. The Morgan fingerprint density at radius 3 is 2.34 bits per heavy atom. The van der Waals surface area contributed by atoms with Crippen molar-refractivity contribution < 1.29 is 23.9 Å².